The first-order valence-electron chi connectivity index (χ1n) is 8.17. The van der Waals surface area contributed by atoms with Gasteiger partial charge < -0.3 is 4.74 Å². The Morgan fingerprint density at radius 3 is 2.40 bits per heavy atom. The minimum atomic E-state index is 0.665. The molecule has 0 saturated heterocycles. The molecule has 0 radical (unpaired) electrons. The van der Waals surface area contributed by atoms with Crippen molar-refractivity contribution >= 4 is 0 Å². The lowest BCUT2D eigenvalue weighted by molar-refractivity contribution is 0.308. The molecule has 1 aliphatic rings. The van der Waals surface area contributed by atoms with Crippen LogP contribution in [0.25, 0.3) is 0 Å². The summed E-state index contributed by atoms with van der Waals surface area (Å²) in [5.74, 6) is 2.74. The zero-order valence-electron chi connectivity index (χ0n) is 13.0. The first-order valence-corrected chi connectivity index (χ1v) is 8.17. The predicted octanol–water partition coefficient (Wildman–Crippen LogP) is 5.72. The largest absolute Gasteiger partial charge is 0.490 e. The van der Waals surface area contributed by atoms with Crippen molar-refractivity contribution in [3.8, 4) is 5.75 Å². The Balaban J connectivity index is 1.84. The van der Waals surface area contributed by atoms with Gasteiger partial charge in [-0.25, -0.2) is 0 Å². The summed E-state index contributed by atoms with van der Waals surface area (Å²) in [6.07, 6.45) is 12.4. The molecular weight excluding hydrogens is 244 g/mol. The van der Waals surface area contributed by atoms with Crippen molar-refractivity contribution in [1.82, 2.24) is 0 Å². The van der Waals surface area contributed by atoms with E-state index in [1.807, 2.05) is 19.1 Å². The SMILES string of the molecule is CC=CCOc1ccc([C@H]2CC[C@H](CCC)CC2)cc1. The van der Waals surface area contributed by atoms with Crippen molar-refractivity contribution in [3.63, 3.8) is 0 Å². The second kappa shape index (κ2) is 8.14. The van der Waals surface area contributed by atoms with Gasteiger partial charge in [0.05, 0.1) is 0 Å². The van der Waals surface area contributed by atoms with Gasteiger partial charge >= 0.3 is 0 Å². The first kappa shape index (κ1) is 15.2. The molecule has 1 aromatic carbocycles. The van der Waals surface area contributed by atoms with Gasteiger partial charge in [0.15, 0.2) is 0 Å². The molecule has 2 rings (SSSR count). The zero-order chi connectivity index (χ0) is 14.2. The molecule has 0 unspecified atom stereocenters. The monoisotopic (exact) mass is 272 g/mol. The number of hydrogen-bond donors (Lipinski definition) is 0. The Morgan fingerprint density at radius 1 is 1.10 bits per heavy atom. The van der Waals surface area contributed by atoms with Crippen LogP contribution in [0.1, 0.15) is 63.9 Å². The minimum Gasteiger partial charge on any atom is -0.490 e. The van der Waals surface area contributed by atoms with E-state index < -0.39 is 0 Å². The molecule has 1 aliphatic carbocycles. The lowest BCUT2D eigenvalue weighted by Gasteiger charge is -2.28. The number of rotatable bonds is 6. The summed E-state index contributed by atoms with van der Waals surface area (Å²) in [5.41, 5.74) is 1.50. The van der Waals surface area contributed by atoms with Gasteiger partial charge in [-0.05, 0) is 62.1 Å². The fourth-order valence-corrected chi connectivity index (χ4v) is 3.27. The maximum atomic E-state index is 5.65. The third-order valence-electron chi connectivity index (χ3n) is 4.48. The molecule has 1 saturated carbocycles. The van der Waals surface area contributed by atoms with E-state index in [1.165, 1.54) is 44.1 Å². The molecule has 0 heterocycles. The maximum absolute atomic E-state index is 5.65. The summed E-state index contributed by atoms with van der Waals surface area (Å²) in [7, 11) is 0. The predicted molar refractivity (Wildman–Crippen MR) is 86.4 cm³/mol. The van der Waals surface area contributed by atoms with E-state index in [-0.39, 0.29) is 0 Å². The van der Waals surface area contributed by atoms with Gasteiger partial charge in [-0.3, -0.25) is 0 Å². The van der Waals surface area contributed by atoms with Gasteiger partial charge in [0.25, 0.3) is 0 Å². The van der Waals surface area contributed by atoms with Crippen LogP contribution in [0.2, 0.25) is 0 Å². The summed E-state index contributed by atoms with van der Waals surface area (Å²) >= 11 is 0. The van der Waals surface area contributed by atoms with Crippen molar-refractivity contribution < 1.29 is 4.74 Å². The number of hydrogen-bond acceptors (Lipinski definition) is 1. The fourth-order valence-electron chi connectivity index (χ4n) is 3.27. The van der Waals surface area contributed by atoms with Gasteiger partial charge in [-0.2, -0.15) is 0 Å². The molecule has 0 atom stereocenters. The molecule has 1 heteroatoms. The van der Waals surface area contributed by atoms with Crippen molar-refractivity contribution in [2.45, 2.75) is 58.3 Å². The quantitative estimate of drug-likeness (QED) is 0.602. The van der Waals surface area contributed by atoms with Crippen LogP contribution < -0.4 is 4.74 Å². The molecule has 1 fully saturated rings. The molecule has 20 heavy (non-hydrogen) atoms. The van der Waals surface area contributed by atoms with Crippen LogP contribution in [-0.2, 0) is 0 Å². The van der Waals surface area contributed by atoms with Gasteiger partial charge in [0.1, 0.15) is 12.4 Å². The highest BCUT2D eigenvalue weighted by atomic mass is 16.5. The summed E-state index contributed by atoms with van der Waals surface area (Å²) in [5, 5.41) is 0. The van der Waals surface area contributed by atoms with Crippen LogP contribution in [0.5, 0.6) is 5.75 Å². The molecule has 0 aliphatic heterocycles. The molecule has 0 N–H and O–H groups in total. The van der Waals surface area contributed by atoms with E-state index >= 15 is 0 Å². The number of allylic oxidation sites excluding steroid dienone is 1. The van der Waals surface area contributed by atoms with Crippen LogP contribution >= 0.6 is 0 Å². The average molecular weight is 272 g/mol. The van der Waals surface area contributed by atoms with Gasteiger partial charge in [0.2, 0.25) is 0 Å². The number of ether oxygens (including phenoxy) is 1. The Kier molecular flexibility index (Phi) is 6.17. The first-order chi connectivity index (χ1) is 9.83. The third-order valence-corrected chi connectivity index (χ3v) is 4.48. The van der Waals surface area contributed by atoms with Crippen LogP contribution in [0.15, 0.2) is 36.4 Å². The van der Waals surface area contributed by atoms with Crippen molar-refractivity contribution in [3.05, 3.63) is 42.0 Å². The molecule has 0 spiro atoms. The molecule has 0 amide bonds. The lowest BCUT2D eigenvalue weighted by atomic mass is 9.77. The molecule has 1 aromatic rings. The Labute approximate surface area is 124 Å². The van der Waals surface area contributed by atoms with Crippen molar-refractivity contribution in [1.29, 1.82) is 0 Å². The minimum absolute atomic E-state index is 0.665. The Morgan fingerprint density at radius 2 is 1.80 bits per heavy atom. The highest BCUT2D eigenvalue weighted by Gasteiger charge is 2.21. The van der Waals surface area contributed by atoms with Gasteiger partial charge in [-0.15, -0.1) is 0 Å². The fraction of sp³-hybridized carbons (Fsp3) is 0.579. The smallest absolute Gasteiger partial charge is 0.119 e. The van der Waals surface area contributed by atoms with Crippen LogP contribution in [0.4, 0.5) is 0 Å². The topological polar surface area (TPSA) is 9.23 Å². The van der Waals surface area contributed by atoms with Crippen molar-refractivity contribution in [2.75, 3.05) is 6.61 Å². The number of benzene rings is 1. The standard InChI is InChI=1S/C19H28O/c1-3-5-15-20-19-13-11-18(12-14-19)17-9-7-16(6-4-2)8-10-17/h3,5,11-14,16-17H,4,6-10,15H2,1-2H3/t16-,17-. The average Bonchev–Trinajstić information content (AvgIpc) is 2.49. The Hall–Kier alpha value is -1.24. The lowest BCUT2D eigenvalue weighted by Crippen LogP contribution is -2.13. The van der Waals surface area contributed by atoms with Crippen LogP contribution in [-0.4, -0.2) is 6.61 Å². The van der Waals surface area contributed by atoms with Gasteiger partial charge in [0, 0.05) is 0 Å². The highest BCUT2D eigenvalue weighted by molar-refractivity contribution is 5.29. The molecule has 0 bridgehead atoms. The second-order valence-electron chi connectivity index (χ2n) is 5.96. The van der Waals surface area contributed by atoms with Gasteiger partial charge in [-0.1, -0.05) is 44.1 Å². The summed E-state index contributed by atoms with van der Waals surface area (Å²) < 4.78 is 5.65. The molecule has 110 valence electrons. The molecule has 0 aromatic heterocycles. The molecular formula is C19H28O. The third kappa shape index (κ3) is 4.40. The van der Waals surface area contributed by atoms with Crippen LogP contribution in [0, 0.1) is 5.92 Å². The summed E-state index contributed by atoms with van der Waals surface area (Å²) in [6, 6.07) is 8.76. The summed E-state index contributed by atoms with van der Waals surface area (Å²) in [4.78, 5) is 0. The van der Waals surface area contributed by atoms with Crippen molar-refractivity contribution in [2.24, 2.45) is 5.92 Å². The zero-order valence-corrected chi connectivity index (χ0v) is 13.0. The molecule has 1 nitrogen and oxygen atoms in total. The van der Waals surface area contributed by atoms with E-state index in [4.69, 9.17) is 4.74 Å². The van der Waals surface area contributed by atoms with Crippen LogP contribution in [0.3, 0.4) is 0 Å². The summed E-state index contributed by atoms with van der Waals surface area (Å²) in [6.45, 7) is 4.98. The van der Waals surface area contributed by atoms with E-state index in [1.54, 1.807) is 0 Å². The van der Waals surface area contributed by atoms with E-state index in [0.29, 0.717) is 6.61 Å². The van der Waals surface area contributed by atoms with E-state index in [0.717, 1.165) is 17.6 Å². The normalized spacial score (nSPS) is 23.1. The maximum Gasteiger partial charge on any atom is 0.119 e. The van der Waals surface area contributed by atoms with E-state index in [2.05, 4.69) is 31.2 Å². The second-order valence-corrected chi connectivity index (χ2v) is 5.96. The Bertz CT molecular complexity index is 396. The highest BCUT2D eigenvalue weighted by Crippen LogP contribution is 2.37. The van der Waals surface area contributed by atoms with E-state index in [9.17, 15) is 0 Å².